The van der Waals surface area contributed by atoms with Crippen LogP contribution in [-0.4, -0.2) is 75.0 Å². The fourth-order valence-electron chi connectivity index (χ4n) is 4.28. The van der Waals surface area contributed by atoms with Crippen molar-refractivity contribution in [3.8, 4) is 5.75 Å². The van der Waals surface area contributed by atoms with E-state index in [1.165, 1.54) is 0 Å². The van der Waals surface area contributed by atoms with Crippen molar-refractivity contribution in [2.45, 2.75) is 52.2 Å². The molecule has 2 unspecified atom stereocenters. The van der Waals surface area contributed by atoms with Gasteiger partial charge in [0, 0.05) is 39.3 Å². The van der Waals surface area contributed by atoms with E-state index in [1.807, 2.05) is 32.9 Å². The van der Waals surface area contributed by atoms with Crippen LogP contribution in [0.2, 0.25) is 0 Å². The molecule has 2 N–H and O–H groups in total. The van der Waals surface area contributed by atoms with Gasteiger partial charge in [0.05, 0.1) is 18.8 Å². The predicted molar refractivity (Wildman–Crippen MR) is 129 cm³/mol. The lowest BCUT2D eigenvalue weighted by molar-refractivity contribution is 0.0507. The Hall–Kier alpha value is -2.64. The molecule has 1 aromatic rings. The Morgan fingerprint density at radius 1 is 1.19 bits per heavy atom. The van der Waals surface area contributed by atoms with Crippen LogP contribution in [0.1, 0.15) is 40.5 Å². The molecule has 3 rings (SSSR count). The summed E-state index contributed by atoms with van der Waals surface area (Å²) in [5, 5.41) is 6.41. The number of likely N-dealkylation sites (tertiary alicyclic amines) is 1. The molecule has 0 saturated carbocycles. The first kappa shape index (κ1) is 24.0. The van der Waals surface area contributed by atoms with Crippen LogP contribution in [0.3, 0.4) is 0 Å². The van der Waals surface area contributed by atoms with Crippen molar-refractivity contribution in [1.82, 2.24) is 15.5 Å². The number of para-hydroxylation sites is 2. The average Bonchev–Trinajstić information content (AvgIpc) is 3.39. The summed E-state index contributed by atoms with van der Waals surface area (Å²) in [5.74, 6) is 2.36. The van der Waals surface area contributed by atoms with Gasteiger partial charge < -0.3 is 29.9 Å². The van der Waals surface area contributed by atoms with Gasteiger partial charge in [-0.25, -0.2) is 4.79 Å². The number of alkyl carbamates (subject to hydrolysis) is 1. The summed E-state index contributed by atoms with van der Waals surface area (Å²) in [4.78, 5) is 21.7. The van der Waals surface area contributed by atoms with E-state index < -0.39 is 5.60 Å². The normalized spacial score (nSPS) is 21.6. The molecule has 1 aromatic carbocycles. The highest BCUT2D eigenvalue weighted by Crippen LogP contribution is 2.32. The van der Waals surface area contributed by atoms with E-state index in [0.29, 0.717) is 5.92 Å². The molecule has 178 valence electrons. The quantitative estimate of drug-likeness (QED) is 0.518. The molecule has 2 saturated heterocycles. The van der Waals surface area contributed by atoms with Crippen molar-refractivity contribution in [1.29, 1.82) is 0 Å². The maximum Gasteiger partial charge on any atom is 0.407 e. The Morgan fingerprint density at radius 3 is 2.69 bits per heavy atom. The lowest BCUT2D eigenvalue weighted by Crippen LogP contribution is -2.44. The van der Waals surface area contributed by atoms with Crippen LogP contribution in [0.15, 0.2) is 29.3 Å². The molecule has 0 radical (unpaired) electrons. The maximum atomic E-state index is 12.1. The minimum Gasteiger partial charge on any atom is -0.495 e. The third-order valence-electron chi connectivity index (χ3n) is 5.75. The second-order valence-electron chi connectivity index (χ2n) is 9.55. The highest BCUT2D eigenvalue weighted by Gasteiger charge is 2.29. The highest BCUT2D eigenvalue weighted by atomic mass is 16.6. The third kappa shape index (κ3) is 6.68. The van der Waals surface area contributed by atoms with E-state index >= 15 is 0 Å². The van der Waals surface area contributed by atoms with Crippen molar-refractivity contribution in [2.75, 3.05) is 51.3 Å². The Balaban J connectivity index is 1.54. The van der Waals surface area contributed by atoms with Crippen molar-refractivity contribution < 1.29 is 14.3 Å². The number of aliphatic imine (C=N–C) groups is 1. The minimum absolute atomic E-state index is 0.0706. The number of carbonyl (C=O) groups excluding carboxylic acids is 1. The van der Waals surface area contributed by atoms with Crippen LogP contribution in [-0.2, 0) is 4.74 Å². The zero-order valence-electron chi connectivity index (χ0n) is 20.2. The molecule has 8 heteroatoms. The van der Waals surface area contributed by atoms with Crippen molar-refractivity contribution in [3.05, 3.63) is 24.3 Å². The molecular formula is C24H39N5O3. The molecule has 2 heterocycles. The SMILES string of the molecule is CCNC(=NCC1CCN(c2ccccc2OC)C1)N1CCC(NC(=O)OC(C)(C)C)C1. The Kier molecular flexibility index (Phi) is 8.10. The molecule has 0 aliphatic carbocycles. The number of benzene rings is 1. The molecule has 1 amide bonds. The van der Waals surface area contributed by atoms with E-state index in [-0.39, 0.29) is 12.1 Å². The molecule has 0 spiro atoms. The highest BCUT2D eigenvalue weighted by molar-refractivity contribution is 5.80. The average molecular weight is 446 g/mol. The molecular weight excluding hydrogens is 406 g/mol. The fourth-order valence-corrected chi connectivity index (χ4v) is 4.28. The lowest BCUT2D eigenvalue weighted by atomic mass is 10.1. The predicted octanol–water partition coefficient (Wildman–Crippen LogP) is 3.09. The number of hydrogen-bond acceptors (Lipinski definition) is 5. The molecule has 0 aromatic heterocycles. The van der Waals surface area contributed by atoms with Crippen molar-refractivity contribution in [3.63, 3.8) is 0 Å². The van der Waals surface area contributed by atoms with E-state index in [1.54, 1.807) is 7.11 Å². The van der Waals surface area contributed by atoms with Gasteiger partial charge in [0.2, 0.25) is 0 Å². The number of guanidine groups is 1. The van der Waals surface area contributed by atoms with Gasteiger partial charge >= 0.3 is 6.09 Å². The Bertz CT molecular complexity index is 792. The standard InChI is InChI=1S/C24H39N5O3/c1-6-25-22(29-14-12-19(17-29)27-23(30)32-24(2,3)4)26-15-18-11-13-28(16-18)20-9-7-8-10-21(20)31-5/h7-10,18-19H,6,11-17H2,1-5H3,(H,25,26)(H,27,30). The number of methoxy groups -OCH3 is 1. The monoisotopic (exact) mass is 445 g/mol. The molecule has 2 aliphatic rings. The van der Waals surface area contributed by atoms with Crippen LogP contribution in [0.25, 0.3) is 0 Å². The summed E-state index contributed by atoms with van der Waals surface area (Å²) in [5.41, 5.74) is 0.668. The summed E-state index contributed by atoms with van der Waals surface area (Å²) in [7, 11) is 1.72. The van der Waals surface area contributed by atoms with Gasteiger partial charge in [-0.15, -0.1) is 0 Å². The molecule has 2 atom stereocenters. The number of nitrogens with zero attached hydrogens (tertiary/aromatic N) is 3. The van der Waals surface area contributed by atoms with Crippen molar-refractivity contribution in [2.24, 2.45) is 10.9 Å². The summed E-state index contributed by atoms with van der Waals surface area (Å²) < 4.78 is 10.9. The topological polar surface area (TPSA) is 78.4 Å². The number of carbonyl (C=O) groups is 1. The van der Waals surface area contributed by atoms with E-state index in [9.17, 15) is 4.79 Å². The van der Waals surface area contributed by atoms with Crippen LogP contribution in [0.4, 0.5) is 10.5 Å². The molecule has 8 nitrogen and oxygen atoms in total. The van der Waals surface area contributed by atoms with Gasteiger partial charge in [-0.3, -0.25) is 4.99 Å². The summed E-state index contributed by atoms with van der Waals surface area (Å²) in [6.07, 6.45) is 1.65. The lowest BCUT2D eigenvalue weighted by Gasteiger charge is -2.24. The third-order valence-corrected chi connectivity index (χ3v) is 5.75. The number of amides is 1. The number of anilines is 1. The number of hydrogen-bond donors (Lipinski definition) is 2. The van der Waals surface area contributed by atoms with Crippen LogP contribution in [0.5, 0.6) is 5.75 Å². The zero-order valence-corrected chi connectivity index (χ0v) is 20.2. The minimum atomic E-state index is -0.488. The smallest absolute Gasteiger partial charge is 0.407 e. The van der Waals surface area contributed by atoms with Crippen molar-refractivity contribution >= 4 is 17.7 Å². The van der Waals surface area contributed by atoms with Gasteiger partial charge in [-0.05, 0) is 58.6 Å². The fraction of sp³-hybridized carbons (Fsp3) is 0.667. The second-order valence-corrected chi connectivity index (χ2v) is 9.55. The second kappa shape index (κ2) is 10.8. The van der Waals surface area contributed by atoms with E-state index in [2.05, 4.69) is 39.5 Å². The molecule has 0 bridgehead atoms. The first-order chi connectivity index (χ1) is 15.3. The number of nitrogens with one attached hydrogen (secondary N) is 2. The van der Waals surface area contributed by atoms with Gasteiger partial charge in [-0.2, -0.15) is 0 Å². The maximum absolute atomic E-state index is 12.1. The Morgan fingerprint density at radius 2 is 1.97 bits per heavy atom. The van der Waals surface area contributed by atoms with Gasteiger partial charge in [0.15, 0.2) is 5.96 Å². The van der Waals surface area contributed by atoms with Gasteiger partial charge in [0.25, 0.3) is 0 Å². The van der Waals surface area contributed by atoms with Gasteiger partial charge in [-0.1, -0.05) is 12.1 Å². The molecule has 2 fully saturated rings. The van der Waals surface area contributed by atoms with E-state index in [0.717, 1.165) is 69.5 Å². The number of ether oxygens (including phenoxy) is 2. The van der Waals surface area contributed by atoms with E-state index in [4.69, 9.17) is 14.5 Å². The summed E-state index contributed by atoms with van der Waals surface area (Å²) >= 11 is 0. The molecule has 32 heavy (non-hydrogen) atoms. The van der Waals surface area contributed by atoms with Gasteiger partial charge in [0.1, 0.15) is 11.4 Å². The van der Waals surface area contributed by atoms with Crippen LogP contribution in [0, 0.1) is 5.92 Å². The Labute approximate surface area is 192 Å². The first-order valence-electron chi connectivity index (χ1n) is 11.7. The first-order valence-corrected chi connectivity index (χ1v) is 11.7. The summed E-state index contributed by atoms with van der Waals surface area (Å²) in [6.45, 7) is 12.9. The largest absolute Gasteiger partial charge is 0.495 e. The molecule has 2 aliphatic heterocycles. The zero-order chi connectivity index (χ0) is 23.1. The number of rotatable bonds is 6. The van der Waals surface area contributed by atoms with Crippen LogP contribution < -0.4 is 20.3 Å². The summed E-state index contributed by atoms with van der Waals surface area (Å²) in [6, 6.07) is 8.27. The van der Waals surface area contributed by atoms with Crippen LogP contribution >= 0.6 is 0 Å².